The number of nitrogens with two attached hydrogens (primary N) is 1. The number of aromatic nitrogens is 4. The molecule has 15 heavy (non-hydrogen) atoms. The van der Waals surface area contributed by atoms with Crippen molar-refractivity contribution in [2.75, 3.05) is 6.54 Å². The fraction of sp³-hybridized carbons (Fsp3) is 0.250. The molecule has 0 unspecified atom stereocenters. The van der Waals surface area contributed by atoms with Gasteiger partial charge in [0.05, 0.1) is 0 Å². The first-order valence-corrected chi connectivity index (χ1v) is 4.38. The minimum atomic E-state index is -0.277. The Balaban J connectivity index is 2.29. The summed E-state index contributed by atoms with van der Waals surface area (Å²) < 4.78 is 4.94. The summed E-state index contributed by atoms with van der Waals surface area (Å²) in [5, 5.41) is 9.75. The highest BCUT2D eigenvalue weighted by Crippen LogP contribution is 2.11. The van der Waals surface area contributed by atoms with E-state index in [-0.39, 0.29) is 11.4 Å². The molecule has 2 rings (SSSR count). The first-order chi connectivity index (χ1) is 7.29. The van der Waals surface area contributed by atoms with Gasteiger partial charge in [0.15, 0.2) is 5.82 Å². The van der Waals surface area contributed by atoms with E-state index >= 15 is 0 Å². The van der Waals surface area contributed by atoms with Crippen LogP contribution in [0.2, 0.25) is 0 Å². The van der Waals surface area contributed by atoms with Crippen molar-refractivity contribution in [1.82, 2.24) is 20.3 Å². The van der Waals surface area contributed by atoms with Gasteiger partial charge in [-0.05, 0) is 12.6 Å². The molecule has 0 aliphatic rings. The van der Waals surface area contributed by atoms with E-state index in [1.807, 2.05) is 0 Å². The molecule has 3 N–H and O–H groups in total. The zero-order chi connectivity index (χ0) is 10.7. The summed E-state index contributed by atoms with van der Waals surface area (Å²) >= 11 is 0. The van der Waals surface area contributed by atoms with E-state index in [9.17, 15) is 4.79 Å². The maximum Gasteiger partial charge on any atom is 0.278 e. The van der Waals surface area contributed by atoms with Crippen molar-refractivity contribution in [3.8, 4) is 11.6 Å². The van der Waals surface area contributed by atoms with Crippen LogP contribution in [-0.4, -0.2) is 26.9 Å². The Bertz CT molecular complexity index is 483. The minimum absolute atomic E-state index is 0.273. The summed E-state index contributed by atoms with van der Waals surface area (Å²) in [6.45, 7) is 0.456. The quantitative estimate of drug-likeness (QED) is 0.689. The molecule has 7 nitrogen and oxygen atoms in total. The first-order valence-electron chi connectivity index (χ1n) is 4.38. The SMILES string of the molecule is NCCc1noc(-c2ccc(=O)[nH]n2)n1. The molecule has 2 heterocycles. The molecule has 0 saturated heterocycles. The van der Waals surface area contributed by atoms with Crippen LogP contribution in [0.3, 0.4) is 0 Å². The lowest BCUT2D eigenvalue weighted by molar-refractivity contribution is 0.421. The predicted octanol–water partition coefficient (Wildman–Crippen LogP) is -0.679. The summed E-state index contributed by atoms with van der Waals surface area (Å²) in [6.07, 6.45) is 0.548. The predicted molar refractivity (Wildman–Crippen MR) is 50.9 cm³/mol. The van der Waals surface area contributed by atoms with Gasteiger partial charge in [0, 0.05) is 12.5 Å². The number of hydrogen-bond donors (Lipinski definition) is 2. The number of rotatable bonds is 3. The summed E-state index contributed by atoms with van der Waals surface area (Å²) in [7, 11) is 0. The Kier molecular flexibility index (Phi) is 2.55. The molecule has 0 amide bonds. The summed E-state index contributed by atoms with van der Waals surface area (Å²) in [6, 6.07) is 2.85. The van der Waals surface area contributed by atoms with Crippen molar-refractivity contribution < 1.29 is 4.52 Å². The van der Waals surface area contributed by atoms with Crippen LogP contribution >= 0.6 is 0 Å². The molecule has 0 fully saturated rings. The van der Waals surface area contributed by atoms with Gasteiger partial charge in [-0.2, -0.15) is 10.1 Å². The third-order valence-corrected chi connectivity index (χ3v) is 1.73. The molecule has 7 heteroatoms. The Hall–Kier alpha value is -2.02. The van der Waals surface area contributed by atoms with Gasteiger partial charge in [0.2, 0.25) is 0 Å². The molecule has 78 valence electrons. The minimum Gasteiger partial charge on any atom is -0.332 e. The van der Waals surface area contributed by atoms with Crippen molar-refractivity contribution in [2.45, 2.75) is 6.42 Å². The smallest absolute Gasteiger partial charge is 0.278 e. The number of H-pyrrole nitrogens is 1. The van der Waals surface area contributed by atoms with Gasteiger partial charge in [0.1, 0.15) is 5.69 Å². The standard InChI is InChI=1S/C8H9N5O2/c9-4-3-6-10-8(15-13-6)5-1-2-7(14)12-11-5/h1-2H,3-4,9H2,(H,12,14). The molecule has 0 radical (unpaired) electrons. The van der Waals surface area contributed by atoms with E-state index in [0.717, 1.165) is 0 Å². The Labute approximate surface area is 84.3 Å². The van der Waals surface area contributed by atoms with Crippen LogP contribution in [-0.2, 0) is 6.42 Å². The number of nitrogens with one attached hydrogen (secondary N) is 1. The molecular formula is C8H9N5O2. The highest BCUT2D eigenvalue weighted by molar-refractivity contribution is 5.44. The molecule has 0 atom stereocenters. The molecule has 0 aliphatic heterocycles. The van der Waals surface area contributed by atoms with Crippen LogP contribution in [0.15, 0.2) is 21.5 Å². The number of nitrogens with zero attached hydrogens (tertiary/aromatic N) is 3. The molecule has 2 aromatic rings. The molecule has 0 aliphatic carbocycles. The van der Waals surface area contributed by atoms with E-state index in [0.29, 0.717) is 24.5 Å². The summed E-state index contributed by atoms with van der Waals surface area (Å²) in [5.74, 6) is 0.801. The Morgan fingerprint density at radius 1 is 1.47 bits per heavy atom. The van der Waals surface area contributed by atoms with Crippen molar-refractivity contribution in [2.24, 2.45) is 5.73 Å². The maximum atomic E-state index is 10.8. The van der Waals surface area contributed by atoms with Gasteiger partial charge in [-0.25, -0.2) is 5.10 Å². The van der Waals surface area contributed by atoms with E-state index < -0.39 is 0 Å². The second kappa shape index (κ2) is 4.01. The van der Waals surface area contributed by atoms with Gasteiger partial charge in [-0.1, -0.05) is 5.16 Å². The average Bonchev–Trinajstić information content (AvgIpc) is 2.68. The second-order valence-electron chi connectivity index (χ2n) is 2.86. The maximum absolute atomic E-state index is 10.8. The van der Waals surface area contributed by atoms with Crippen molar-refractivity contribution in [1.29, 1.82) is 0 Å². The molecule has 0 spiro atoms. The van der Waals surface area contributed by atoms with Crippen LogP contribution < -0.4 is 11.3 Å². The van der Waals surface area contributed by atoms with Gasteiger partial charge >= 0.3 is 0 Å². The topological polar surface area (TPSA) is 111 Å². The van der Waals surface area contributed by atoms with Crippen LogP contribution in [0.25, 0.3) is 11.6 Å². The Morgan fingerprint density at radius 3 is 3.00 bits per heavy atom. The zero-order valence-corrected chi connectivity index (χ0v) is 7.80. The number of hydrogen-bond acceptors (Lipinski definition) is 6. The fourth-order valence-corrected chi connectivity index (χ4v) is 1.05. The van der Waals surface area contributed by atoms with E-state index in [1.165, 1.54) is 12.1 Å². The third-order valence-electron chi connectivity index (χ3n) is 1.73. The first kappa shape index (κ1) is 9.53. The lowest BCUT2D eigenvalue weighted by Gasteiger charge is -1.89. The van der Waals surface area contributed by atoms with Crippen molar-refractivity contribution in [3.63, 3.8) is 0 Å². The third kappa shape index (κ3) is 2.08. The normalized spacial score (nSPS) is 10.5. The highest BCUT2D eigenvalue weighted by atomic mass is 16.5. The lowest BCUT2D eigenvalue weighted by atomic mass is 10.4. The van der Waals surface area contributed by atoms with Gasteiger partial charge in [0.25, 0.3) is 11.4 Å². The second-order valence-corrected chi connectivity index (χ2v) is 2.86. The summed E-state index contributed by atoms with van der Waals surface area (Å²) in [5.41, 5.74) is 5.50. The van der Waals surface area contributed by atoms with Gasteiger partial charge < -0.3 is 10.3 Å². The van der Waals surface area contributed by atoms with Crippen molar-refractivity contribution >= 4 is 0 Å². The number of aromatic amines is 1. The van der Waals surface area contributed by atoms with E-state index in [2.05, 4.69) is 20.3 Å². The lowest BCUT2D eigenvalue weighted by Crippen LogP contribution is -2.06. The van der Waals surface area contributed by atoms with Gasteiger partial charge in [-0.15, -0.1) is 0 Å². The largest absolute Gasteiger partial charge is 0.332 e. The van der Waals surface area contributed by atoms with E-state index in [4.69, 9.17) is 10.3 Å². The van der Waals surface area contributed by atoms with Gasteiger partial charge in [-0.3, -0.25) is 4.79 Å². The Morgan fingerprint density at radius 2 is 2.33 bits per heavy atom. The van der Waals surface area contributed by atoms with Crippen LogP contribution in [0.5, 0.6) is 0 Å². The van der Waals surface area contributed by atoms with Crippen LogP contribution in [0.1, 0.15) is 5.82 Å². The molecule has 0 saturated carbocycles. The van der Waals surface area contributed by atoms with E-state index in [1.54, 1.807) is 0 Å². The zero-order valence-electron chi connectivity index (χ0n) is 7.80. The molecule has 0 bridgehead atoms. The summed E-state index contributed by atoms with van der Waals surface area (Å²) in [4.78, 5) is 14.8. The average molecular weight is 207 g/mol. The highest BCUT2D eigenvalue weighted by Gasteiger charge is 2.09. The fourth-order valence-electron chi connectivity index (χ4n) is 1.05. The van der Waals surface area contributed by atoms with Crippen molar-refractivity contribution in [3.05, 3.63) is 28.3 Å². The molecule has 2 aromatic heterocycles. The molecular weight excluding hydrogens is 198 g/mol. The van der Waals surface area contributed by atoms with Crippen LogP contribution in [0, 0.1) is 0 Å². The molecule has 0 aromatic carbocycles. The van der Waals surface area contributed by atoms with Crippen LogP contribution in [0.4, 0.5) is 0 Å². The monoisotopic (exact) mass is 207 g/mol.